The van der Waals surface area contributed by atoms with E-state index < -0.39 is 0 Å². The first-order valence-electron chi connectivity index (χ1n) is 11.2. The van der Waals surface area contributed by atoms with Gasteiger partial charge in [0, 0.05) is 37.0 Å². The first kappa shape index (κ1) is 20.6. The molecule has 1 N–H and O–H groups in total. The van der Waals surface area contributed by atoms with E-state index in [0.29, 0.717) is 19.0 Å². The zero-order valence-corrected chi connectivity index (χ0v) is 18.3. The van der Waals surface area contributed by atoms with Crippen LogP contribution in [0.25, 0.3) is 0 Å². The average Bonchev–Trinajstić information content (AvgIpc) is 3.17. The quantitative estimate of drug-likeness (QED) is 0.776. The molecule has 5 nitrogen and oxygen atoms in total. The molecule has 4 rings (SSSR count). The second-order valence-electron chi connectivity index (χ2n) is 8.59. The molecule has 29 heavy (non-hydrogen) atoms. The number of urea groups is 1. The number of amides is 3. The maximum absolute atomic E-state index is 13.2. The summed E-state index contributed by atoms with van der Waals surface area (Å²) in [6, 6.07) is 8.03. The van der Waals surface area contributed by atoms with E-state index in [0.717, 1.165) is 50.1 Å². The number of carbonyl (C=O) groups excluding carboxylic acids is 2. The molecular formula is C23H33N3O2S. The molecule has 1 saturated carbocycles. The fourth-order valence-electron chi connectivity index (χ4n) is 4.99. The largest absolute Gasteiger partial charge is 0.327 e. The number of carbonyl (C=O) groups is 2. The standard InChI is InChI=1S/C23H33N3O2S/c1-2-18-8-10-20(11-9-18)24-22(28)25-14-12-23(13-15-25)26(16-17-29-23)21(27)19-6-4-3-5-7-19/h8-11,19H,2-7,12-17H2,1H3,(H,24,28). The fourth-order valence-corrected chi connectivity index (χ4v) is 6.45. The van der Waals surface area contributed by atoms with E-state index in [9.17, 15) is 9.59 Å². The second-order valence-corrected chi connectivity index (χ2v) is 10.0. The topological polar surface area (TPSA) is 52.7 Å². The number of hydrogen-bond acceptors (Lipinski definition) is 3. The minimum absolute atomic E-state index is 0.0303. The number of likely N-dealkylation sites (tertiary alicyclic amines) is 1. The third-order valence-corrected chi connectivity index (χ3v) is 8.40. The molecule has 1 spiro atoms. The average molecular weight is 416 g/mol. The van der Waals surface area contributed by atoms with Crippen LogP contribution in [0.5, 0.6) is 0 Å². The zero-order valence-electron chi connectivity index (χ0n) is 17.5. The van der Waals surface area contributed by atoms with E-state index in [1.54, 1.807) is 0 Å². The maximum atomic E-state index is 13.2. The monoisotopic (exact) mass is 415 g/mol. The van der Waals surface area contributed by atoms with Crippen molar-refractivity contribution in [2.45, 2.75) is 63.2 Å². The first-order chi connectivity index (χ1) is 14.1. The molecule has 0 aromatic heterocycles. The minimum atomic E-state index is -0.0892. The molecule has 1 aromatic rings. The Hall–Kier alpha value is -1.69. The van der Waals surface area contributed by atoms with Crippen molar-refractivity contribution in [2.24, 2.45) is 5.92 Å². The van der Waals surface area contributed by atoms with Crippen LogP contribution in [0, 0.1) is 5.92 Å². The van der Waals surface area contributed by atoms with Gasteiger partial charge in [-0.15, -0.1) is 11.8 Å². The van der Waals surface area contributed by atoms with E-state index in [1.807, 2.05) is 28.8 Å². The van der Waals surface area contributed by atoms with Gasteiger partial charge in [-0.1, -0.05) is 38.3 Å². The van der Waals surface area contributed by atoms with Crippen LogP contribution in [0.15, 0.2) is 24.3 Å². The molecular weight excluding hydrogens is 382 g/mol. The predicted octanol–water partition coefficient (Wildman–Crippen LogP) is 4.73. The van der Waals surface area contributed by atoms with Crippen molar-refractivity contribution in [1.82, 2.24) is 9.80 Å². The molecule has 0 unspecified atom stereocenters. The van der Waals surface area contributed by atoms with Gasteiger partial charge in [-0.25, -0.2) is 4.79 Å². The molecule has 2 saturated heterocycles. The Labute approximate surface area is 178 Å². The van der Waals surface area contributed by atoms with E-state index >= 15 is 0 Å². The summed E-state index contributed by atoms with van der Waals surface area (Å²) in [6.07, 6.45) is 8.51. The third-order valence-electron chi connectivity index (χ3n) is 6.84. The molecule has 0 bridgehead atoms. The number of nitrogens with one attached hydrogen (secondary N) is 1. The van der Waals surface area contributed by atoms with Crippen LogP contribution in [0.4, 0.5) is 10.5 Å². The molecule has 1 aliphatic carbocycles. The summed E-state index contributed by atoms with van der Waals surface area (Å²) in [6.45, 7) is 4.41. The number of thioether (sulfide) groups is 1. The van der Waals surface area contributed by atoms with Crippen molar-refractivity contribution < 1.29 is 9.59 Å². The molecule has 158 valence electrons. The Morgan fingerprint density at radius 3 is 2.41 bits per heavy atom. The molecule has 0 radical (unpaired) electrons. The van der Waals surface area contributed by atoms with Gasteiger partial charge in [0.2, 0.25) is 5.91 Å². The number of anilines is 1. The van der Waals surface area contributed by atoms with E-state index in [2.05, 4.69) is 29.3 Å². The highest BCUT2D eigenvalue weighted by atomic mass is 32.2. The molecule has 2 aliphatic heterocycles. The first-order valence-corrected chi connectivity index (χ1v) is 12.2. The zero-order chi connectivity index (χ0) is 20.3. The van der Waals surface area contributed by atoms with Gasteiger partial charge in [-0.2, -0.15) is 0 Å². The van der Waals surface area contributed by atoms with Crippen molar-refractivity contribution in [3.8, 4) is 0 Å². The summed E-state index contributed by atoms with van der Waals surface area (Å²) in [7, 11) is 0. The highest BCUT2D eigenvalue weighted by Crippen LogP contribution is 2.45. The number of aryl methyl sites for hydroxylation is 1. The molecule has 2 heterocycles. The maximum Gasteiger partial charge on any atom is 0.321 e. The SMILES string of the molecule is CCc1ccc(NC(=O)N2CCC3(CC2)SCCN3C(=O)C2CCCCC2)cc1. The van der Waals surface area contributed by atoms with Gasteiger partial charge >= 0.3 is 6.03 Å². The summed E-state index contributed by atoms with van der Waals surface area (Å²) in [5.41, 5.74) is 2.11. The van der Waals surface area contributed by atoms with Crippen molar-refractivity contribution in [3.05, 3.63) is 29.8 Å². The Kier molecular flexibility index (Phi) is 6.38. The van der Waals surface area contributed by atoms with Crippen molar-refractivity contribution >= 4 is 29.4 Å². The number of nitrogens with zero attached hydrogens (tertiary/aromatic N) is 2. The van der Waals surface area contributed by atoms with Crippen LogP contribution in [-0.4, -0.2) is 52.0 Å². The lowest BCUT2D eigenvalue weighted by Gasteiger charge is -2.45. The Morgan fingerprint density at radius 2 is 1.76 bits per heavy atom. The van der Waals surface area contributed by atoms with Crippen molar-refractivity contribution in [2.75, 3.05) is 30.7 Å². The van der Waals surface area contributed by atoms with Crippen LogP contribution >= 0.6 is 11.8 Å². The Bertz CT molecular complexity index is 722. The lowest BCUT2D eigenvalue weighted by Crippen LogP contribution is -2.55. The molecule has 3 amide bonds. The summed E-state index contributed by atoms with van der Waals surface area (Å²) < 4.78 is 0. The van der Waals surface area contributed by atoms with Gasteiger partial charge < -0.3 is 15.1 Å². The van der Waals surface area contributed by atoms with Crippen LogP contribution in [0.1, 0.15) is 57.4 Å². The number of rotatable bonds is 3. The highest BCUT2D eigenvalue weighted by molar-refractivity contribution is 8.00. The second kappa shape index (κ2) is 8.99. The third kappa shape index (κ3) is 4.42. The summed E-state index contributed by atoms with van der Waals surface area (Å²) in [5.74, 6) is 1.63. The summed E-state index contributed by atoms with van der Waals surface area (Å²) >= 11 is 1.93. The van der Waals surface area contributed by atoms with Crippen LogP contribution < -0.4 is 5.32 Å². The van der Waals surface area contributed by atoms with Crippen molar-refractivity contribution in [3.63, 3.8) is 0 Å². The number of hydrogen-bond donors (Lipinski definition) is 1. The van der Waals surface area contributed by atoms with Gasteiger partial charge in [0.15, 0.2) is 0 Å². The van der Waals surface area contributed by atoms with Gasteiger partial charge in [0.25, 0.3) is 0 Å². The van der Waals surface area contributed by atoms with Gasteiger partial charge in [0.05, 0.1) is 4.87 Å². The molecule has 1 aromatic carbocycles. The van der Waals surface area contributed by atoms with Gasteiger partial charge in [0.1, 0.15) is 0 Å². The highest BCUT2D eigenvalue weighted by Gasteiger charge is 2.48. The van der Waals surface area contributed by atoms with E-state index in [-0.39, 0.29) is 16.8 Å². The van der Waals surface area contributed by atoms with E-state index in [1.165, 1.54) is 24.8 Å². The lowest BCUT2D eigenvalue weighted by atomic mass is 9.87. The summed E-state index contributed by atoms with van der Waals surface area (Å²) in [4.78, 5) is 29.9. The van der Waals surface area contributed by atoms with Gasteiger partial charge in [-0.05, 0) is 49.8 Å². The van der Waals surface area contributed by atoms with Crippen LogP contribution in [0.2, 0.25) is 0 Å². The fraction of sp³-hybridized carbons (Fsp3) is 0.652. The molecule has 3 fully saturated rings. The normalized spacial score (nSPS) is 22.1. The Morgan fingerprint density at radius 1 is 1.07 bits per heavy atom. The lowest BCUT2D eigenvalue weighted by molar-refractivity contribution is -0.140. The van der Waals surface area contributed by atoms with E-state index in [4.69, 9.17) is 0 Å². The van der Waals surface area contributed by atoms with Gasteiger partial charge in [-0.3, -0.25) is 4.79 Å². The molecule has 3 aliphatic rings. The Balaban J connectivity index is 1.34. The van der Waals surface area contributed by atoms with Crippen LogP contribution in [0.3, 0.4) is 0 Å². The molecule has 0 atom stereocenters. The van der Waals surface area contributed by atoms with Crippen molar-refractivity contribution in [1.29, 1.82) is 0 Å². The molecule has 6 heteroatoms. The van der Waals surface area contributed by atoms with Crippen LogP contribution in [-0.2, 0) is 11.2 Å². The summed E-state index contributed by atoms with van der Waals surface area (Å²) in [5, 5.41) is 3.03. The number of piperidine rings is 1. The number of benzene rings is 1. The minimum Gasteiger partial charge on any atom is -0.327 e. The smallest absolute Gasteiger partial charge is 0.321 e. The predicted molar refractivity (Wildman–Crippen MR) is 119 cm³/mol.